The molecule has 4 N–H and O–H groups in total. The highest BCUT2D eigenvalue weighted by molar-refractivity contribution is 7.72. The van der Waals surface area contributed by atoms with Gasteiger partial charge in [-0.05, 0) is 30.7 Å². The van der Waals surface area contributed by atoms with E-state index in [1.54, 1.807) is 0 Å². The van der Waals surface area contributed by atoms with E-state index in [1.165, 1.54) is 0 Å². The van der Waals surface area contributed by atoms with Crippen molar-refractivity contribution in [3.05, 3.63) is 0 Å². The van der Waals surface area contributed by atoms with E-state index in [0.717, 1.165) is 13.5 Å². The van der Waals surface area contributed by atoms with E-state index in [1.807, 2.05) is 11.8 Å². The summed E-state index contributed by atoms with van der Waals surface area (Å²) in [5, 5.41) is 7.14. The van der Waals surface area contributed by atoms with Gasteiger partial charge in [-0.25, -0.2) is 0 Å². The molecule has 0 aromatic carbocycles. The van der Waals surface area contributed by atoms with Gasteiger partial charge < -0.3 is 29.2 Å². The van der Waals surface area contributed by atoms with Crippen LogP contribution >= 0.6 is 15.2 Å². The second-order valence-corrected chi connectivity index (χ2v) is 11.6. The summed E-state index contributed by atoms with van der Waals surface area (Å²) >= 11 is 0. The Labute approximate surface area is 267 Å². The van der Waals surface area contributed by atoms with Crippen molar-refractivity contribution in [3.63, 3.8) is 0 Å². The van der Waals surface area contributed by atoms with Gasteiger partial charge in [0.05, 0.1) is 0 Å². The smallest absolute Gasteiger partial charge is 0.367 e. The van der Waals surface area contributed by atoms with Gasteiger partial charge in [0.1, 0.15) is 0 Å². The van der Waals surface area contributed by atoms with Gasteiger partial charge in [-0.3, -0.25) is 9.13 Å². The minimum absolute atomic E-state index is 0. The Morgan fingerprint density at radius 3 is 2.04 bits per heavy atom. The van der Waals surface area contributed by atoms with Gasteiger partial charge >= 0.3 is 15.2 Å². The zero-order valence-electron chi connectivity index (χ0n) is 16.1. The van der Waals surface area contributed by atoms with Crippen molar-refractivity contribution in [1.29, 1.82) is 0 Å². The molecule has 0 radical (unpaired) electrons. The maximum Gasteiger partial charge on any atom is 0.371 e. The van der Waals surface area contributed by atoms with Crippen molar-refractivity contribution in [1.82, 2.24) is 4.90 Å². The number of rotatable bonds is 12. The Morgan fingerprint density at radius 1 is 1.16 bits per heavy atom. The summed E-state index contributed by atoms with van der Waals surface area (Å²) in [6.45, 7) is 11.9. The highest BCUT2D eigenvalue weighted by atomic mass is 31.2. The molecular weight excluding hydrogens is 368 g/mol. The van der Waals surface area contributed by atoms with Gasteiger partial charge in [-0.2, -0.15) is 0 Å². The summed E-state index contributed by atoms with van der Waals surface area (Å²) < 4.78 is 27.9. The summed E-state index contributed by atoms with van der Waals surface area (Å²) in [7, 11) is -9.32. The molecule has 0 aliphatic rings. The molecule has 0 saturated heterocycles. The Morgan fingerprint density at radius 2 is 1.68 bits per heavy atom. The predicted molar refractivity (Wildman–Crippen MR) is 263 cm³/mol. The van der Waals surface area contributed by atoms with Crippen LogP contribution < -0.4 is 0 Å². The molecule has 0 aromatic heterocycles. The highest BCUT2D eigenvalue weighted by Crippen LogP contribution is 2.71. The maximum absolute atomic E-state index is 12.0. The SMILES string of the molecule is CCN(CCC(O)(P(=O)(O)O)P(=O)(O)OC)CC(C)CC(C)C(C)C.[HH].[HH].[HH].[HH].[HH].[HH].[HH].[HH].[HH].[HH].[HH].[HH].[HH].[HH].[HH].[HH].[HH].[HH].[HH].[HH].[HH].[HH].[HH].[HH].[HH].[HH].[HH].[HH].[HH].[HH].[HH].[HH].[HH].[HH].[HH].[HH].[HH].[HH].[HH].[HH].[HH].[HH].[HH].[HH].[HH].[HH].[HH].[HH].[HH].[HH].[HH].[HH].[HH].[HH].[HH].[HH].[HH].[HH].[HH].[HH].[HH].[HH].[HH].[HH].[HH].[HH].[HH].[HH].[HH].[HH].[HH].[HH].[HH].[HH].[HH].[HH].[HH].[HH]. The zero-order valence-corrected chi connectivity index (χ0v) is 17.9. The van der Waals surface area contributed by atoms with Crippen LogP contribution in [0.3, 0.4) is 0 Å². The van der Waals surface area contributed by atoms with Crippen LogP contribution in [0.2, 0.25) is 0 Å². The minimum Gasteiger partial charge on any atom is -0.367 e. The predicted octanol–water partition coefficient (Wildman–Crippen LogP) is 21.9. The van der Waals surface area contributed by atoms with Crippen LogP contribution in [0.5, 0.6) is 0 Å². The molecule has 0 bridgehead atoms. The van der Waals surface area contributed by atoms with Crippen molar-refractivity contribution in [2.24, 2.45) is 17.8 Å². The molecule has 0 saturated carbocycles. The molecule has 0 rings (SSSR count). The third kappa shape index (κ3) is 7.04. The van der Waals surface area contributed by atoms with Gasteiger partial charge in [0.2, 0.25) is 0 Å². The van der Waals surface area contributed by atoms with Gasteiger partial charge in [0, 0.05) is 138 Å². The zero-order chi connectivity index (χ0) is 20.1. The first-order valence-electron chi connectivity index (χ1n) is 8.60. The minimum atomic E-state index is -5.27. The summed E-state index contributed by atoms with van der Waals surface area (Å²) in [6, 6.07) is 0. The Kier molecular flexibility index (Phi) is 10.0. The quantitative estimate of drug-likeness (QED) is 0.174. The lowest BCUT2D eigenvalue weighted by molar-refractivity contribution is 0.0997. The number of aliphatic hydroxyl groups is 1. The van der Waals surface area contributed by atoms with Crippen molar-refractivity contribution < 1.29 is 145 Å². The number of hydrogen-bond donors (Lipinski definition) is 4. The van der Waals surface area contributed by atoms with E-state index in [0.29, 0.717) is 30.8 Å². The van der Waals surface area contributed by atoms with E-state index in [4.69, 9.17) is 0 Å². The van der Waals surface area contributed by atoms with Crippen LogP contribution in [0.1, 0.15) is 159 Å². The fraction of sp³-hybridized carbons (Fsp3) is 1.00. The van der Waals surface area contributed by atoms with Crippen LogP contribution in [-0.2, 0) is 13.7 Å². The third-order valence-corrected chi connectivity index (χ3v) is 9.18. The highest BCUT2D eigenvalue weighted by Gasteiger charge is 2.60. The first-order valence-corrected chi connectivity index (χ1v) is 11.8. The van der Waals surface area contributed by atoms with E-state index >= 15 is 0 Å². The molecule has 0 fully saturated rings. The first kappa shape index (κ1) is 25.2. The Balaban J connectivity index is -0.000000000959. The van der Waals surface area contributed by atoms with E-state index in [-0.39, 0.29) is 118 Å². The van der Waals surface area contributed by atoms with Crippen molar-refractivity contribution in [2.45, 2.75) is 52.5 Å². The lowest BCUT2D eigenvalue weighted by Gasteiger charge is -2.34. The van der Waals surface area contributed by atoms with Crippen LogP contribution in [0.15, 0.2) is 0 Å². The largest absolute Gasteiger partial charge is 0.371 e. The molecule has 0 aromatic rings. The lowest BCUT2D eigenvalue weighted by atomic mass is 9.88. The number of hydrogen-bond acceptors (Lipinski definition) is 5. The summed E-state index contributed by atoms with van der Waals surface area (Å²) in [6.07, 6.45) is 0.451. The normalized spacial score (nSPS) is 20.3. The van der Waals surface area contributed by atoms with E-state index < -0.39 is 26.7 Å². The Hall–Kier alpha value is 0.220. The first-order chi connectivity index (χ1) is 11.2. The third-order valence-electron chi connectivity index (χ3n) is 4.86. The van der Waals surface area contributed by atoms with Crippen molar-refractivity contribution >= 4 is 15.2 Å². The molecule has 308 valence electrons. The molecule has 0 aliphatic carbocycles. The summed E-state index contributed by atoms with van der Waals surface area (Å²) in [4.78, 5) is 30.4. The molecule has 0 aliphatic heterocycles. The standard InChI is InChI=1S/C15H35NO7P2.78H2/c1-7-16(11-13(4)10-14(5)12(2)3)9-8-15(17,24(18,19)20)25(21,22)23-6;;;;;;;;;;;;;;;;;;;;;;;;;;;;;;;;;;;;;;;;;;;;;;;;;;;;;;;;;;;;;;;;;;;;;;;;;;;;;;/h12-14,17H,7-11H2,1-6H3,(H,21,22)(H2,18,19,20);78*1H. The monoisotopic (exact) mass is 560 g/mol. The molecule has 4 atom stereocenters. The average Bonchev–Trinajstić information content (AvgIpc) is 2.49. The molecule has 25 heavy (non-hydrogen) atoms. The average molecular weight is 561 g/mol. The van der Waals surface area contributed by atoms with Crippen LogP contribution in [-0.4, -0.2) is 56.5 Å². The molecule has 4 unspecified atom stereocenters. The van der Waals surface area contributed by atoms with Crippen molar-refractivity contribution in [2.75, 3.05) is 26.7 Å². The molecule has 10 heteroatoms. The maximum atomic E-state index is 12.0. The van der Waals surface area contributed by atoms with Gasteiger partial charge in [-0.1, -0.05) is 34.6 Å². The van der Waals surface area contributed by atoms with E-state index in [9.17, 15) is 28.9 Å². The topological polar surface area (TPSA) is 128 Å². The van der Waals surface area contributed by atoms with Crippen LogP contribution in [0, 0.1) is 17.8 Å². The van der Waals surface area contributed by atoms with Crippen molar-refractivity contribution in [3.8, 4) is 0 Å². The molecule has 0 heterocycles. The lowest BCUT2D eigenvalue weighted by Crippen LogP contribution is -2.37. The molecule has 0 spiro atoms. The second kappa shape index (κ2) is 9.95. The Bertz CT molecular complexity index is 579. The summed E-state index contributed by atoms with van der Waals surface area (Å²) in [5.74, 6) is 1.47. The molecule has 0 amide bonds. The van der Waals surface area contributed by atoms with Crippen LogP contribution in [0.4, 0.5) is 0 Å². The van der Waals surface area contributed by atoms with Gasteiger partial charge in [0.25, 0.3) is 5.08 Å². The summed E-state index contributed by atoms with van der Waals surface area (Å²) in [5.41, 5.74) is 0. The van der Waals surface area contributed by atoms with Gasteiger partial charge in [-0.15, -0.1) is 0 Å². The number of nitrogens with zero attached hydrogens (tertiary/aromatic N) is 1. The second-order valence-electron chi connectivity index (χ2n) is 7.23. The fourth-order valence-corrected chi connectivity index (χ4v) is 5.33. The van der Waals surface area contributed by atoms with E-state index in [2.05, 4.69) is 32.2 Å². The fourth-order valence-electron chi connectivity index (χ4n) is 2.71. The molecule has 8 nitrogen and oxygen atoms in total. The van der Waals surface area contributed by atoms with Crippen LogP contribution in [0.25, 0.3) is 0 Å². The van der Waals surface area contributed by atoms with Gasteiger partial charge in [0.15, 0.2) is 0 Å². The molecular formula is C15H191NO7P2.